The van der Waals surface area contributed by atoms with E-state index in [0.717, 1.165) is 18.4 Å². The molecule has 8 nitrogen and oxygen atoms in total. The smallest absolute Gasteiger partial charge is 0.254 e. The topological polar surface area (TPSA) is 119 Å². The number of nitrogens with one attached hydrogen (secondary N) is 2. The highest BCUT2D eigenvalue weighted by atomic mass is 35.5. The average Bonchev–Trinajstić information content (AvgIpc) is 2.93. The van der Waals surface area contributed by atoms with E-state index < -0.39 is 30.0 Å². The maximum atomic E-state index is 13.8. The van der Waals surface area contributed by atoms with Gasteiger partial charge in [-0.2, -0.15) is 0 Å². The second-order valence-electron chi connectivity index (χ2n) is 9.72. The number of hydrogen-bond donors (Lipinski definition) is 4. The third-order valence-electron chi connectivity index (χ3n) is 6.43. The first-order valence-electron chi connectivity index (χ1n) is 14.0. The fourth-order valence-corrected chi connectivity index (χ4v) is 5.05. The quantitative estimate of drug-likeness (QED) is 0.186. The number of halogens is 1. The minimum absolute atomic E-state index is 0.0258. The van der Waals surface area contributed by atoms with Gasteiger partial charge >= 0.3 is 0 Å². The van der Waals surface area contributed by atoms with E-state index in [4.69, 9.17) is 11.6 Å². The van der Waals surface area contributed by atoms with Crippen LogP contribution in [-0.4, -0.2) is 75.6 Å². The summed E-state index contributed by atoms with van der Waals surface area (Å²) in [6, 6.07) is 2.80. The van der Waals surface area contributed by atoms with Gasteiger partial charge in [-0.15, -0.1) is 23.4 Å². The van der Waals surface area contributed by atoms with E-state index in [1.54, 1.807) is 19.1 Å². The second-order valence-corrected chi connectivity index (χ2v) is 10.9. The summed E-state index contributed by atoms with van der Waals surface area (Å²) in [5.74, 6) is -1.39. The van der Waals surface area contributed by atoms with Crippen LogP contribution in [0.3, 0.4) is 0 Å². The second kappa shape index (κ2) is 19.4. The zero-order valence-electron chi connectivity index (χ0n) is 25.0. The third kappa shape index (κ3) is 11.2. The number of carbonyl (C=O) groups excluding carboxylic acids is 3. The van der Waals surface area contributed by atoms with Crippen LogP contribution >= 0.6 is 23.4 Å². The summed E-state index contributed by atoms with van der Waals surface area (Å²) in [5, 5.41) is 27.1. The molecular weight excluding hydrogens is 562 g/mol. The largest absolute Gasteiger partial charge is 0.508 e. The molecule has 1 aromatic carbocycles. The molecule has 0 aliphatic heterocycles. The maximum Gasteiger partial charge on any atom is 0.254 e. The molecule has 0 spiro atoms. The number of hydrogen-bond acceptors (Lipinski definition) is 6. The molecule has 0 radical (unpaired) electrons. The Morgan fingerprint density at radius 1 is 1.15 bits per heavy atom. The van der Waals surface area contributed by atoms with Gasteiger partial charge in [0, 0.05) is 23.6 Å². The molecule has 0 saturated carbocycles. The number of nitrogens with zero attached hydrogens (tertiary/aromatic N) is 1. The molecule has 228 valence electrons. The van der Waals surface area contributed by atoms with Gasteiger partial charge in [-0.25, -0.2) is 0 Å². The van der Waals surface area contributed by atoms with Crippen molar-refractivity contribution in [3.05, 3.63) is 65.3 Å². The lowest BCUT2D eigenvalue weighted by atomic mass is 9.95. The van der Waals surface area contributed by atoms with Gasteiger partial charge in [0.25, 0.3) is 11.8 Å². The van der Waals surface area contributed by atoms with Gasteiger partial charge in [-0.05, 0) is 56.1 Å². The van der Waals surface area contributed by atoms with Gasteiger partial charge in [0.05, 0.1) is 11.9 Å². The van der Waals surface area contributed by atoms with Crippen LogP contribution in [0.2, 0.25) is 0 Å². The zero-order chi connectivity index (χ0) is 30.9. The SMILES string of the molecule is CC.CSCN(C(=O)C(O)C(CC1=C/CC/C=C/C=C\1)NC(=O)c1cccc(O)c1C)[C@H](C(=O)NCCCl)C(C)C. The van der Waals surface area contributed by atoms with Crippen molar-refractivity contribution in [2.75, 3.05) is 24.6 Å². The molecule has 1 aliphatic rings. The number of amides is 3. The molecule has 2 rings (SSSR count). The Bertz CT molecular complexity index is 1090. The lowest BCUT2D eigenvalue weighted by Gasteiger charge is -2.36. The van der Waals surface area contributed by atoms with Crippen molar-refractivity contribution >= 4 is 41.1 Å². The molecule has 0 fully saturated rings. The molecule has 41 heavy (non-hydrogen) atoms. The molecule has 0 aromatic heterocycles. The molecular formula is C31H46ClN3O5S. The summed E-state index contributed by atoms with van der Waals surface area (Å²) in [7, 11) is 0. The van der Waals surface area contributed by atoms with Crippen molar-refractivity contribution in [1.29, 1.82) is 0 Å². The number of phenols is 1. The lowest BCUT2D eigenvalue weighted by Crippen LogP contribution is -2.58. The van der Waals surface area contributed by atoms with Gasteiger partial charge in [0.2, 0.25) is 5.91 Å². The van der Waals surface area contributed by atoms with Crippen LogP contribution in [0, 0.1) is 12.8 Å². The monoisotopic (exact) mass is 607 g/mol. The molecule has 2 unspecified atom stereocenters. The molecule has 1 aliphatic carbocycles. The predicted molar refractivity (Wildman–Crippen MR) is 169 cm³/mol. The number of phenolic OH excluding ortho intramolecular Hbond substituents is 1. The van der Waals surface area contributed by atoms with Crippen molar-refractivity contribution in [1.82, 2.24) is 15.5 Å². The molecule has 4 N–H and O–H groups in total. The fraction of sp³-hybridized carbons (Fsp3) is 0.516. The summed E-state index contributed by atoms with van der Waals surface area (Å²) < 4.78 is 0. The summed E-state index contributed by atoms with van der Waals surface area (Å²) in [6.07, 6.45) is 11.8. The number of thioether (sulfide) groups is 1. The number of aromatic hydroxyl groups is 1. The van der Waals surface area contributed by atoms with E-state index in [2.05, 4.69) is 10.6 Å². The average molecular weight is 608 g/mol. The molecule has 0 saturated heterocycles. The highest BCUT2D eigenvalue weighted by Crippen LogP contribution is 2.23. The van der Waals surface area contributed by atoms with E-state index in [1.165, 1.54) is 22.7 Å². The number of aliphatic hydroxyl groups excluding tert-OH is 1. The standard InChI is InChI=1S/C29H40ClN3O5S.C2H6/c1-19(2)25(28(37)31-16-15-30)33(18-39-4)29(38)26(35)23(17-21-11-8-6-5-7-9-12-21)32-27(36)22-13-10-14-24(34)20(22)3;1-2/h5-6,8,10-14,19,23,25-26,34-35H,7,9,15-18H2,1-4H3,(H,31,37)(H,32,36);1-2H3/b6-5+,11-8-,21-12+;/t23?,25-,26?;/m0./s1. The van der Waals surface area contributed by atoms with E-state index in [0.29, 0.717) is 5.56 Å². The van der Waals surface area contributed by atoms with Gasteiger partial charge < -0.3 is 25.7 Å². The van der Waals surface area contributed by atoms with E-state index in [-0.39, 0.29) is 47.9 Å². The first kappa shape index (κ1) is 36.3. The lowest BCUT2D eigenvalue weighted by molar-refractivity contribution is -0.148. The number of rotatable bonds is 13. The number of benzene rings is 1. The molecule has 3 atom stereocenters. The van der Waals surface area contributed by atoms with Gasteiger partial charge in [0.1, 0.15) is 11.8 Å². The highest BCUT2D eigenvalue weighted by molar-refractivity contribution is 7.98. The summed E-state index contributed by atoms with van der Waals surface area (Å²) >= 11 is 7.10. The Labute approximate surface area is 254 Å². The predicted octanol–water partition coefficient (Wildman–Crippen LogP) is 4.94. The van der Waals surface area contributed by atoms with Gasteiger partial charge in [-0.1, -0.05) is 64.1 Å². The van der Waals surface area contributed by atoms with Crippen molar-refractivity contribution in [2.45, 2.75) is 72.1 Å². The normalized spacial score (nSPS) is 17.7. The third-order valence-corrected chi connectivity index (χ3v) is 7.16. The number of allylic oxidation sites excluding steroid dienone is 5. The fourth-order valence-electron chi connectivity index (χ4n) is 4.39. The maximum absolute atomic E-state index is 13.8. The van der Waals surface area contributed by atoms with Crippen LogP contribution < -0.4 is 10.6 Å². The van der Waals surface area contributed by atoms with Crippen molar-refractivity contribution < 1.29 is 24.6 Å². The molecule has 3 amide bonds. The van der Waals surface area contributed by atoms with Gasteiger partial charge in [-0.3, -0.25) is 14.4 Å². The van der Waals surface area contributed by atoms with E-state index >= 15 is 0 Å². The Morgan fingerprint density at radius 2 is 1.85 bits per heavy atom. The van der Waals surface area contributed by atoms with Crippen LogP contribution in [0.4, 0.5) is 0 Å². The van der Waals surface area contributed by atoms with Crippen LogP contribution in [0.1, 0.15) is 62.9 Å². The summed E-state index contributed by atoms with van der Waals surface area (Å²) in [6.45, 7) is 9.55. The Kier molecular flexibility index (Phi) is 17.2. The molecule has 0 bridgehead atoms. The van der Waals surface area contributed by atoms with Crippen molar-refractivity contribution in [3.8, 4) is 5.75 Å². The minimum Gasteiger partial charge on any atom is -0.508 e. The van der Waals surface area contributed by atoms with E-state index in [9.17, 15) is 24.6 Å². The van der Waals surface area contributed by atoms with Gasteiger partial charge in [0.15, 0.2) is 6.10 Å². The number of carbonyl (C=O) groups is 3. The molecule has 10 heteroatoms. The Morgan fingerprint density at radius 3 is 2.49 bits per heavy atom. The van der Waals surface area contributed by atoms with Crippen LogP contribution in [0.15, 0.2) is 54.2 Å². The highest BCUT2D eigenvalue weighted by Gasteiger charge is 2.38. The van der Waals surface area contributed by atoms with Crippen LogP contribution in [0.25, 0.3) is 0 Å². The molecule has 1 aromatic rings. The Balaban J connectivity index is 0.00000411. The Hall–Kier alpha value is -2.75. The summed E-state index contributed by atoms with van der Waals surface area (Å²) in [4.78, 5) is 41.5. The zero-order valence-corrected chi connectivity index (χ0v) is 26.6. The van der Waals surface area contributed by atoms with Crippen LogP contribution in [-0.2, 0) is 9.59 Å². The van der Waals surface area contributed by atoms with Crippen LogP contribution in [0.5, 0.6) is 5.75 Å². The summed E-state index contributed by atoms with van der Waals surface area (Å²) in [5.41, 5.74) is 1.50. The number of alkyl halides is 1. The first-order chi connectivity index (χ1) is 19.6. The minimum atomic E-state index is -1.63. The first-order valence-corrected chi connectivity index (χ1v) is 16.0. The molecule has 0 heterocycles. The van der Waals surface area contributed by atoms with E-state index in [1.807, 2.05) is 64.3 Å². The number of aliphatic hydroxyl groups is 1. The van der Waals surface area contributed by atoms with Crippen molar-refractivity contribution in [2.24, 2.45) is 5.92 Å². The van der Waals surface area contributed by atoms with Crippen molar-refractivity contribution in [3.63, 3.8) is 0 Å².